The number of aliphatic hydroxyl groups excluding tert-OH is 1. The second-order valence-electron chi connectivity index (χ2n) is 3.35. The molecule has 16 heavy (non-hydrogen) atoms. The van der Waals surface area contributed by atoms with Crippen LogP contribution >= 0.6 is 11.8 Å². The van der Waals surface area contributed by atoms with Gasteiger partial charge in [-0.05, 0) is 35.6 Å². The smallest absolute Gasteiger partial charge is 0.127 e. The molecule has 0 bridgehead atoms. The molecule has 2 nitrogen and oxygen atoms in total. The van der Waals surface area contributed by atoms with E-state index in [1.54, 1.807) is 6.07 Å². The summed E-state index contributed by atoms with van der Waals surface area (Å²) in [6.07, 6.45) is 0.948. The Morgan fingerprint density at radius 3 is 2.88 bits per heavy atom. The van der Waals surface area contributed by atoms with Crippen molar-refractivity contribution in [3.63, 3.8) is 0 Å². The average molecular weight is 244 g/mol. The first kappa shape index (κ1) is 13.3. The van der Waals surface area contributed by atoms with Crippen LogP contribution in [0.15, 0.2) is 18.2 Å². The Morgan fingerprint density at radius 1 is 1.38 bits per heavy atom. The first-order valence-corrected chi connectivity index (χ1v) is 6.52. The van der Waals surface area contributed by atoms with Gasteiger partial charge < -0.3 is 9.84 Å². The molecule has 0 aromatic heterocycles. The highest BCUT2D eigenvalue weighted by Gasteiger charge is 2.01. The maximum Gasteiger partial charge on any atom is 0.127 e. The summed E-state index contributed by atoms with van der Waals surface area (Å²) in [6.45, 7) is 2.53. The molecule has 0 radical (unpaired) electrons. The number of rotatable bonds is 7. The van der Waals surface area contributed by atoms with Gasteiger partial charge in [0, 0.05) is 6.07 Å². The second-order valence-corrected chi connectivity index (χ2v) is 4.75. The van der Waals surface area contributed by atoms with Crippen molar-refractivity contribution in [3.8, 4) is 5.75 Å². The number of halogens is 1. The summed E-state index contributed by atoms with van der Waals surface area (Å²) in [5, 5.41) is 8.90. The molecule has 0 fully saturated rings. The van der Waals surface area contributed by atoms with Gasteiger partial charge in [-0.15, -0.1) is 0 Å². The van der Waals surface area contributed by atoms with Crippen molar-refractivity contribution in [1.29, 1.82) is 0 Å². The largest absolute Gasteiger partial charge is 0.493 e. The van der Waals surface area contributed by atoms with Gasteiger partial charge in [0.1, 0.15) is 11.6 Å². The molecule has 90 valence electrons. The molecule has 1 N–H and O–H groups in total. The minimum Gasteiger partial charge on any atom is -0.493 e. The van der Waals surface area contributed by atoms with E-state index in [-0.39, 0.29) is 12.4 Å². The predicted octanol–water partition coefficient (Wildman–Crippen LogP) is 2.84. The van der Waals surface area contributed by atoms with Gasteiger partial charge in [0.2, 0.25) is 0 Å². The maximum absolute atomic E-state index is 13.0. The molecular weight excluding hydrogens is 227 g/mol. The van der Waals surface area contributed by atoms with Crippen LogP contribution in [0.25, 0.3) is 0 Å². The Kier molecular flexibility index (Phi) is 6.26. The van der Waals surface area contributed by atoms with Crippen molar-refractivity contribution in [1.82, 2.24) is 0 Å². The van der Waals surface area contributed by atoms with Crippen LogP contribution in [0.1, 0.15) is 18.9 Å². The summed E-state index contributed by atoms with van der Waals surface area (Å²) in [5.74, 6) is 2.28. The third-order valence-electron chi connectivity index (χ3n) is 2.02. The first-order valence-electron chi connectivity index (χ1n) is 5.37. The van der Waals surface area contributed by atoms with Crippen LogP contribution in [-0.2, 0) is 6.61 Å². The maximum atomic E-state index is 13.0. The molecule has 0 aliphatic carbocycles. The Balaban J connectivity index is 2.38. The Hall–Kier alpha value is -0.740. The summed E-state index contributed by atoms with van der Waals surface area (Å²) in [7, 11) is 0. The molecule has 1 rings (SSSR count). The van der Waals surface area contributed by atoms with E-state index in [2.05, 4.69) is 6.92 Å². The van der Waals surface area contributed by atoms with Crippen LogP contribution < -0.4 is 4.74 Å². The minimum atomic E-state index is -0.371. The summed E-state index contributed by atoms with van der Waals surface area (Å²) in [6, 6.07) is 4.31. The molecule has 1 aromatic carbocycles. The van der Waals surface area contributed by atoms with Gasteiger partial charge in [0.25, 0.3) is 0 Å². The molecule has 0 amide bonds. The van der Waals surface area contributed by atoms with Gasteiger partial charge in [-0.1, -0.05) is 6.92 Å². The molecule has 0 unspecified atom stereocenters. The first-order chi connectivity index (χ1) is 7.76. The molecule has 0 atom stereocenters. The van der Waals surface area contributed by atoms with Crippen LogP contribution in [-0.4, -0.2) is 23.2 Å². The lowest BCUT2D eigenvalue weighted by atomic mass is 10.2. The van der Waals surface area contributed by atoms with E-state index in [0.29, 0.717) is 17.9 Å². The number of hydrogen-bond acceptors (Lipinski definition) is 3. The average Bonchev–Trinajstić information content (AvgIpc) is 2.28. The van der Waals surface area contributed by atoms with Crippen molar-refractivity contribution in [2.45, 2.75) is 20.0 Å². The van der Waals surface area contributed by atoms with Crippen LogP contribution in [0.5, 0.6) is 5.75 Å². The topological polar surface area (TPSA) is 29.5 Å². The Morgan fingerprint density at radius 2 is 2.19 bits per heavy atom. The summed E-state index contributed by atoms with van der Waals surface area (Å²) < 4.78 is 18.5. The highest BCUT2D eigenvalue weighted by Crippen LogP contribution is 2.16. The van der Waals surface area contributed by atoms with Gasteiger partial charge >= 0.3 is 0 Å². The minimum absolute atomic E-state index is 0.167. The van der Waals surface area contributed by atoms with Gasteiger partial charge in [0.05, 0.1) is 13.2 Å². The number of thioether (sulfide) groups is 1. The van der Waals surface area contributed by atoms with Crippen molar-refractivity contribution < 1.29 is 14.2 Å². The van der Waals surface area contributed by atoms with Crippen molar-refractivity contribution in [3.05, 3.63) is 29.6 Å². The van der Waals surface area contributed by atoms with Gasteiger partial charge in [-0.3, -0.25) is 0 Å². The molecule has 0 spiro atoms. The highest BCUT2D eigenvalue weighted by atomic mass is 32.2. The number of ether oxygens (including phenoxy) is 1. The summed E-state index contributed by atoms with van der Waals surface area (Å²) >= 11 is 1.86. The fourth-order valence-electron chi connectivity index (χ4n) is 1.29. The van der Waals surface area contributed by atoms with Crippen LogP contribution in [0.2, 0.25) is 0 Å². The van der Waals surface area contributed by atoms with E-state index in [0.717, 1.165) is 17.9 Å². The fourth-order valence-corrected chi connectivity index (χ4v) is 1.90. The second kappa shape index (κ2) is 7.52. The molecular formula is C12H17FO2S. The van der Waals surface area contributed by atoms with E-state index in [1.807, 2.05) is 11.8 Å². The fraction of sp³-hybridized carbons (Fsp3) is 0.500. The lowest BCUT2D eigenvalue weighted by Crippen LogP contribution is -2.00. The molecule has 0 saturated heterocycles. The Bertz CT molecular complexity index is 318. The third kappa shape index (κ3) is 4.86. The van der Waals surface area contributed by atoms with Gasteiger partial charge in [0.15, 0.2) is 0 Å². The molecule has 0 saturated carbocycles. The lowest BCUT2D eigenvalue weighted by Gasteiger charge is -2.07. The summed E-state index contributed by atoms with van der Waals surface area (Å²) in [4.78, 5) is 0. The van der Waals surface area contributed by atoms with E-state index < -0.39 is 0 Å². The zero-order chi connectivity index (χ0) is 11.8. The van der Waals surface area contributed by atoms with Crippen molar-refractivity contribution >= 4 is 11.8 Å². The molecule has 4 heteroatoms. The zero-order valence-corrected chi connectivity index (χ0v) is 10.2. The number of benzene rings is 1. The lowest BCUT2D eigenvalue weighted by molar-refractivity contribution is 0.278. The normalized spacial score (nSPS) is 10.4. The van der Waals surface area contributed by atoms with E-state index in [1.165, 1.54) is 12.1 Å². The van der Waals surface area contributed by atoms with Crippen LogP contribution in [0.4, 0.5) is 4.39 Å². The number of hydrogen-bond donors (Lipinski definition) is 1. The van der Waals surface area contributed by atoms with E-state index in [9.17, 15) is 4.39 Å². The SMILES string of the molecule is CCSCCCOc1cc(F)cc(CO)c1. The highest BCUT2D eigenvalue weighted by molar-refractivity contribution is 7.99. The standard InChI is InChI=1S/C12H17FO2S/c1-2-16-5-3-4-15-12-7-10(9-14)6-11(13)8-12/h6-8,14H,2-5,9H2,1H3. The summed E-state index contributed by atoms with van der Waals surface area (Å²) in [5.41, 5.74) is 0.540. The third-order valence-corrected chi connectivity index (χ3v) is 3.01. The molecule has 1 aromatic rings. The molecule has 0 aliphatic rings. The quantitative estimate of drug-likeness (QED) is 0.748. The predicted molar refractivity (Wildman–Crippen MR) is 65.4 cm³/mol. The Labute approximate surface area is 99.8 Å². The van der Waals surface area contributed by atoms with Crippen LogP contribution in [0, 0.1) is 5.82 Å². The molecule has 0 heterocycles. The van der Waals surface area contributed by atoms with Crippen molar-refractivity contribution in [2.75, 3.05) is 18.1 Å². The number of aliphatic hydroxyl groups is 1. The molecule has 0 aliphatic heterocycles. The van der Waals surface area contributed by atoms with E-state index >= 15 is 0 Å². The van der Waals surface area contributed by atoms with Crippen molar-refractivity contribution in [2.24, 2.45) is 0 Å². The van der Waals surface area contributed by atoms with Gasteiger partial charge in [-0.25, -0.2) is 4.39 Å². The zero-order valence-electron chi connectivity index (χ0n) is 9.41. The van der Waals surface area contributed by atoms with E-state index in [4.69, 9.17) is 9.84 Å². The monoisotopic (exact) mass is 244 g/mol. The van der Waals surface area contributed by atoms with Crippen LogP contribution in [0.3, 0.4) is 0 Å². The van der Waals surface area contributed by atoms with Gasteiger partial charge in [-0.2, -0.15) is 11.8 Å².